The zero-order valence-electron chi connectivity index (χ0n) is 10.2. The van der Waals surface area contributed by atoms with Gasteiger partial charge in [-0.2, -0.15) is 16.7 Å². The lowest BCUT2D eigenvalue weighted by atomic mass is 10.4. The summed E-state index contributed by atoms with van der Waals surface area (Å²) in [6, 6.07) is 2.32. The molecule has 1 unspecified atom stereocenters. The van der Waals surface area contributed by atoms with Gasteiger partial charge >= 0.3 is 0 Å². The minimum Gasteiger partial charge on any atom is -0.367 e. The van der Waals surface area contributed by atoms with Crippen molar-refractivity contribution in [3.63, 3.8) is 0 Å². The van der Waals surface area contributed by atoms with Crippen molar-refractivity contribution >= 4 is 23.5 Å². The number of hydrogen-bond donors (Lipinski definition) is 2. The molecule has 0 radical (unpaired) electrons. The van der Waals surface area contributed by atoms with Gasteiger partial charge in [0.25, 0.3) is 0 Å². The highest BCUT2D eigenvalue weighted by atomic mass is 32.2. The second-order valence-electron chi connectivity index (χ2n) is 3.50. The van der Waals surface area contributed by atoms with Crippen LogP contribution >= 0.6 is 11.8 Å². The van der Waals surface area contributed by atoms with Crippen LogP contribution in [0.2, 0.25) is 0 Å². The van der Waals surface area contributed by atoms with E-state index in [9.17, 15) is 0 Å². The molecule has 16 heavy (non-hydrogen) atoms. The van der Waals surface area contributed by atoms with E-state index in [1.807, 2.05) is 24.8 Å². The highest BCUT2D eigenvalue weighted by Crippen LogP contribution is 2.09. The summed E-state index contributed by atoms with van der Waals surface area (Å²) in [7, 11) is 0. The van der Waals surface area contributed by atoms with Crippen LogP contribution in [-0.2, 0) is 0 Å². The molecule has 0 bridgehead atoms. The predicted octanol–water partition coefficient (Wildman–Crippen LogP) is 2.46. The van der Waals surface area contributed by atoms with Crippen LogP contribution in [0.25, 0.3) is 0 Å². The molecule has 1 aromatic rings. The molecule has 0 aliphatic heterocycles. The number of hydrogen-bond acceptors (Lipinski definition) is 5. The van der Waals surface area contributed by atoms with Gasteiger partial charge in [-0.3, -0.25) is 0 Å². The van der Waals surface area contributed by atoms with Gasteiger partial charge in [0.15, 0.2) is 0 Å². The number of nitrogens with zero attached hydrogens (tertiary/aromatic N) is 2. The Hall–Kier alpha value is -0.970. The van der Waals surface area contributed by atoms with Crippen molar-refractivity contribution in [3.05, 3.63) is 12.3 Å². The first-order valence-corrected chi connectivity index (χ1v) is 6.83. The Morgan fingerprint density at radius 3 is 2.94 bits per heavy atom. The van der Waals surface area contributed by atoms with E-state index in [-0.39, 0.29) is 0 Å². The normalized spacial score (nSPS) is 12.2. The van der Waals surface area contributed by atoms with Gasteiger partial charge < -0.3 is 10.6 Å². The van der Waals surface area contributed by atoms with Gasteiger partial charge in [-0.25, -0.2) is 4.98 Å². The summed E-state index contributed by atoms with van der Waals surface area (Å²) < 4.78 is 0. The summed E-state index contributed by atoms with van der Waals surface area (Å²) in [5.41, 5.74) is 0. The fraction of sp³-hybridized carbons (Fsp3) is 0.636. The summed E-state index contributed by atoms with van der Waals surface area (Å²) in [6.45, 7) is 7.21. The maximum atomic E-state index is 4.37. The zero-order valence-corrected chi connectivity index (χ0v) is 11.0. The van der Waals surface area contributed by atoms with Crippen molar-refractivity contribution in [1.82, 2.24) is 9.97 Å². The van der Waals surface area contributed by atoms with Crippen LogP contribution in [0.5, 0.6) is 0 Å². The van der Waals surface area contributed by atoms with Gasteiger partial charge in [-0.05, 0) is 25.7 Å². The summed E-state index contributed by atoms with van der Waals surface area (Å²) >= 11 is 1.93. The van der Waals surface area contributed by atoms with Gasteiger partial charge in [0.2, 0.25) is 5.95 Å². The topological polar surface area (TPSA) is 49.8 Å². The molecular weight excluding hydrogens is 220 g/mol. The Bertz CT molecular complexity index is 306. The van der Waals surface area contributed by atoms with Crippen molar-refractivity contribution in [2.75, 3.05) is 28.7 Å². The van der Waals surface area contributed by atoms with E-state index < -0.39 is 0 Å². The third-order valence-electron chi connectivity index (χ3n) is 1.96. The van der Waals surface area contributed by atoms with E-state index in [2.05, 4.69) is 34.4 Å². The Labute approximate surface area is 102 Å². The number of thioether (sulfide) groups is 1. The van der Waals surface area contributed by atoms with E-state index >= 15 is 0 Å². The highest BCUT2D eigenvalue weighted by Gasteiger charge is 2.03. The van der Waals surface area contributed by atoms with Gasteiger partial charge in [0.05, 0.1) is 0 Å². The summed E-state index contributed by atoms with van der Waals surface area (Å²) in [5.74, 6) is 3.81. The molecule has 5 heteroatoms. The Morgan fingerprint density at radius 1 is 1.44 bits per heavy atom. The molecule has 1 heterocycles. The first-order chi connectivity index (χ1) is 7.76. The van der Waals surface area contributed by atoms with Crippen LogP contribution in [-0.4, -0.2) is 34.1 Å². The van der Waals surface area contributed by atoms with Gasteiger partial charge in [-0.1, -0.05) is 6.92 Å². The number of nitrogens with one attached hydrogen (secondary N) is 2. The minimum absolute atomic E-state index is 0.425. The van der Waals surface area contributed by atoms with Crippen LogP contribution in [0.4, 0.5) is 11.8 Å². The molecule has 1 rings (SSSR count). The molecule has 0 saturated heterocycles. The second-order valence-corrected chi connectivity index (χ2v) is 4.82. The van der Waals surface area contributed by atoms with Gasteiger partial charge in [0.1, 0.15) is 5.82 Å². The summed E-state index contributed by atoms with van der Waals surface area (Å²) in [6.07, 6.45) is 1.77. The summed E-state index contributed by atoms with van der Waals surface area (Å²) in [5, 5.41) is 6.46. The molecule has 1 atom stereocenters. The van der Waals surface area contributed by atoms with E-state index in [1.165, 1.54) is 0 Å². The lowest BCUT2D eigenvalue weighted by molar-refractivity contribution is 0.898. The number of anilines is 2. The van der Waals surface area contributed by atoms with Crippen molar-refractivity contribution in [2.24, 2.45) is 0 Å². The van der Waals surface area contributed by atoms with Crippen LogP contribution in [0.15, 0.2) is 12.3 Å². The Balaban J connectivity index is 2.49. The molecule has 0 aliphatic carbocycles. The van der Waals surface area contributed by atoms with Crippen LogP contribution in [0, 0.1) is 0 Å². The molecule has 0 aliphatic rings. The molecule has 2 N–H and O–H groups in total. The van der Waals surface area contributed by atoms with E-state index in [4.69, 9.17) is 0 Å². The lowest BCUT2D eigenvalue weighted by Crippen LogP contribution is -2.19. The maximum Gasteiger partial charge on any atom is 0.224 e. The van der Waals surface area contributed by atoms with Crippen molar-refractivity contribution in [2.45, 2.75) is 26.8 Å². The standard InChI is InChI=1S/C11H20N4S/c1-4-12-11-13-7-6-10(15-11)14-9(3)8-16-5-2/h6-7,9H,4-5,8H2,1-3H3,(H2,12,13,14,15). The molecule has 4 nitrogen and oxygen atoms in total. The average molecular weight is 240 g/mol. The quantitative estimate of drug-likeness (QED) is 0.766. The van der Waals surface area contributed by atoms with E-state index in [0.717, 1.165) is 23.9 Å². The number of rotatable bonds is 7. The van der Waals surface area contributed by atoms with Crippen LogP contribution < -0.4 is 10.6 Å². The van der Waals surface area contributed by atoms with E-state index in [1.54, 1.807) is 6.20 Å². The molecule has 0 saturated carbocycles. The first kappa shape index (κ1) is 13.1. The smallest absolute Gasteiger partial charge is 0.224 e. The van der Waals surface area contributed by atoms with Crippen molar-refractivity contribution in [1.29, 1.82) is 0 Å². The van der Waals surface area contributed by atoms with Crippen LogP contribution in [0.3, 0.4) is 0 Å². The zero-order chi connectivity index (χ0) is 11.8. The molecule has 0 spiro atoms. The Kier molecular flexibility index (Phi) is 6.00. The van der Waals surface area contributed by atoms with Crippen molar-refractivity contribution < 1.29 is 0 Å². The van der Waals surface area contributed by atoms with Crippen molar-refractivity contribution in [3.8, 4) is 0 Å². The monoisotopic (exact) mass is 240 g/mol. The third kappa shape index (κ3) is 4.70. The minimum atomic E-state index is 0.425. The highest BCUT2D eigenvalue weighted by molar-refractivity contribution is 7.99. The molecule has 0 amide bonds. The second kappa shape index (κ2) is 7.33. The largest absolute Gasteiger partial charge is 0.367 e. The molecule has 90 valence electrons. The third-order valence-corrected chi connectivity index (χ3v) is 3.10. The summed E-state index contributed by atoms with van der Waals surface area (Å²) in [4.78, 5) is 8.50. The lowest BCUT2D eigenvalue weighted by Gasteiger charge is -2.14. The predicted molar refractivity (Wildman–Crippen MR) is 72.3 cm³/mol. The molecule has 0 fully saturated rings. The van der Waals surface area contributed by atoms with Gasteiger partial charge in [0, 0.05) is 24.5 Å². The van der Waals surface area contributed by atoms with E-state index in [0.29, 0.717) is 12.0 Å². The average Bonchev–Trinajstić information content (AvgIpc) is 2.27. The first-order valence-electron chi connectivity index (χ1n) is 5.67. The molecule has 0 aromatic carbocycles. The fourth-order valence-corrected chi connectivity index (χ4v) is 1.94. The Morgan fingerprint density at radius 2 is 2.25 bits per heavy atom. The molecule has 1 aromatic heterocycles. The maximum absolute atomic E-state index is 4.37. The van der Waals surface area contributed by atoms with Gasteiger partial charge in [-0.15, -0.1) is 0 Å². The fourth-order valence-electron chi connectivity index (χ4n) is 1.27. The molecular formula is C11H20N4S. The SMILES string of the molecule is CCNc1nccc(NC(C)CSCC)n1. The number of aromatic nitrogens is 2. The van der Waals surface area contributed by atoms with Crippen LogP contribution in [0.1, 0.15) is 20.8 Å².